The molecule has 0 saturated carbocycles. The van der Waals surface area contributed by atoms with E-state index in [0.717, 1.165) is 75.2 Å². The minimum absolute atomic E-state index is 0.820. The van der Waals surface area contributed by atoms with Crippen LogP contribution in [0, 0.1) is 0 Å². The van der Waals surface area contributed by atoms with Crippen molar-refractivity contribution in [2.24, 2.45) is 0 Å². The van der Waals surface area contributed by atoms with Gasteiger partial charge in [-0.1, -0.05) is 0 Å². The van der Waals surface area contributed by atoms with E-state index in [9.17, 15) is 0 Å². The number of morpholine rings is 2. The van der Waals surface area contributed by atoms with Gasteiger partial charge in [0.1, 0.15) is 0 Å². The lowest BCUT2D eigenvalue weighted by Gasteiger charge is -2.51. The highest BCUT2D eigenvalue weighted by atomic mass is 32.2. The molecule has 4 nitrogen and oxygen atoms in total. The molecule has 0 aromatic heterocycles. The lowest BCUT2D eigenvalue weighted by atomic mass is 9.89. The summed E-state index contributed by atoms with van der Waals surface area (Å²) in [6, 6.07) is 1.64. The number of fused-ring (bicyclic) bond motifs is 2. The molecule has 0 aromatic carbocycles. The topological polar surface area (TPSA) is 24.9 Å². The highest BCUT2D eigenvalue weighted by Crippen LogP contribution is 2.45. The van der Waals surface area contributed by atoms with Crippen molar-refractivity contribution < 1.29 is 9.47 Å². The maximum absolute atomic E-state index is 5.52. The number of ether oxygens (including phenoxy) is 2. The lowest BCUT2D eigenvalue weighted by Crippen LogP contribution is -2.57. The highest BCUT2D eigenvalue weighted by Gasteiger charge is 2.43. The Bertz CT molecular complexity index is 313. The molecular weight excluding hydrogens is 284 g/mol. The summed E-state index contributed by atoms with van der Waals surface area (Å²) in [5.41, 5.74) is 0. The van der Waals surface area contributed by atoms with Gasteiger partial charge in [-0.2, -0.15) is 11.8 Å². The zero-order valence-corrected chi connectivity index (χ0v) is 13.7. The number of hydrogen-bond acceptors (Lipinski definition) is 5. The minimum Gasteiger partial charge on any atom is -0.379 e. The predicted molar refractivity (Wildman–Crippen MR) is 86.0 cm³/mol. The van der Waals surface area contributed by atoms with E-state index in [0.29, 0.717) is 0 Å². The average Bonchev–Trinajstić information content (AvgIpc) is 2.57. The van der Waals surface area contributed by atoms with Crippen LogP contribution < -0.4 is 0 Å². The summed E-state index contributed by atoms with van der Waals surface area (Å²) in [7, 11) is 0. The van der Waals surface area contributed by atoms with Crippen LogP contribution in [-0.2, 0) is 9.47 Å². The second-order valence-electron chi connectivity index (χ2n) is 6.80. The number of hydrogen-bond donors (Lipinski definition) is 0. The quantitative estimate of drug-likeness (QED) is 0.768. The van der Waals surface area contributed by atoms with E-state index in [1.165, 1.54) is 25.7 Å². The van der Waals surface area contributed by atoms with Gasteiger partial charge in [-0.15, -0.1) is 0 Å². The van der Waals surface area contributed by atoms with Gasteiger partial charge in [0.05, 0.1) is 26.4 Å². The van der Waals surface area contributed by atoms with Crippen LogP contribution >= 0.6 is 11.8 Å². The van der Waals surface area contributed by atoms with Crippen LogP contribution in [0.3, 0.4) is 0 Å². The summed E-state index contributed by atoms with van der Waals surface area (Å²) < 4.78 is 11.0. The van der Waals surface area contributed by atoms with E-state index in [1.807, 2.05) is 0 Å². The normalized spacial score (nSPS) is 42.9. The van der Waals surface area contributed by atoms with Gasteiger partial charge in [-0.3, -0.25) is 9.80 Å². The van der Waals surface area contributed by atoms with E-state index in [4.69, 9.17) is 9.47 Å². The first-order chi connectivity index (χ1) is 10.4. The van der Waals surface area contributed by atoms with Gasteiger partial charge < -0.3 is 9.47 Å². The van der Waals surface area contributed by atoms with Gasteiger partial charge >= 0.3 is 0 Å². The fraction of sp³-hybridized carbons (Fsp3) is 1.00. The monoisotopic (exact) mass is 312 g/mol. The molecule has 21 heavy (non-hydrogen) atoms. The Hall–Kier alpha value is 0.190. The van der Waals surface area contributed by atoms with Gasteiger partial charge in [-0.05, 0) is 25.7 Å². The highest BCUT2D eigenvalue weighted by molar-refractivity contribution is 8.00. The molecule has 120 valence electrons. The predicted octanol–water partition coefficient (Wildman–Crippen LogP) is 1.45. The summed E-state index contributed by atoms with van der Waals surface area (Å²) in [5.74, 6) is 0. The van der Waals surface area contributed by atoms with E-state index < -0.39 is 0 Å². The molecule has 0 amide bonds. The van der Waals surface area contributed by atoms with Crippen molar-refractivity contribution in [3.63, 3.8) is 0 Å². The Morgan fingerprint density at radius 3 is 1.48 bits per heavy atom. The summed E-state index contributed by atoms with van der Waals surface area (Å²) in [5, 5.41) is 1.75. The smallest absolute Gasteiger partial charge is 0.0594 e. The van der Waals surface area contributed by atoms with Crippen molar-refractivity contribution in [1.82, 2.24) is 9.80 Å². The fourth-order valence-corrected chi connectivity index (χ4v) is 6.59. The number of rotatable bonds is 2. The third-order valence-electron chi connectivity index (χ3n) is 5.73. The van der Waals surface area contributed by atoms with Crippen molar-refractivity contribution in [3.8, 4) is 0 Å². The first-order valence-corrected chi connectivity index (χ1v) is 9.65. The van der Waals surface area contributed by atoms with Gasteiger partial charge in [-0.25, -0.2) is 0 Å². The standard InChI is InChI=1S/C16H28N2O2S/c1-3-15-14(18-7-11-20-12-8-18)2-4-16(21-15)13(1)17-5-9-19-10-6-17/h13-16H,1-12H2/t13-,14-,15-,16+/m1/s1. The molecule has 4 rings (SSSR count). The molecule has 4 fully saturated rings. The molecule has 0 radical (unpaired) electrons. The van der Waals surface area contributed by atoms with Gasteiger partial charge in [0.2, 0.25) is 0 Å². The SMILES string of the molecule is C1CN([C@@H]2CC[C@H]3S[C@H]2CC[C@H]3N2CCOCC2)CCO1. The molecular formula is C16H28N2O2S. The molecule has 0 aliphatic carbocycles. The van der Waals surface area contributed by atoms with Crippen LogP contribution in [0.5, 0.6) is 0 Å². The van der Waals surface area contributed by atoms with E-state index in [-0.39, 0.29) is 0 Å². The van der Waals surface area contributed by atoms with Crippen molar-refractivity contribution in [2.45, 2.75) is 48.3 Å². The molecule has 0 spiro atoms. The summed E-state index contributed by atoms with van der Waals surface area (Å²) in [6.45, 7) is 8.36. The molecule has 4 aliphatic heterocycles. The maximum Gasteiger partial charge on any atom is 0.0594 e. The molecule has 0 N–H and O–H groups in total. The largest absolute Gasteiger partial charge is 0.379 e. The second-order valence-corrected chi connectivity index (χ2v) is 8.28. The Balaban J connectivity index is 1.37. The minimum atomic E-state index is 0.820. The Morgan fingerprint density at radius 1 is 0.619 bits per heavy atom. The van der Waals surface area contributed by atoms with E-state index in [1.54, 1.807) is 0 Å². The summed E-state index contributed by atoms with van der Waals surface area (Å²) in [6.07, 6.45) is 5.63. The molecule has 5 heteroatoms. The Labute approximate surface area is 132 Å². The third kappa shape index (κ3) is 3.13. The van der Waals surface area contributed by atoms with Crippen LogP contribution in [0.4, 0.5) is 0 Å². The van der Waals surface area contributed by atoms with Crippen LogP contribution in [0.25, 0.3) is 0 Å². The zero-order valence-electron chi connectivity index (χ0n) is 12.9. The van der Waals surface area contributed by atoms with Crippen LogP contribution in [0.15, 0.2) is 0 Å². The fourth-order valence-electron chi connectivity index (χ4n) is 4.62. The number of thioether (sulfide) groups is 1. The van der Waals surface area contributed by atoms with Crippen LogP contribution in [0.1, 0.15) is 25.7 Å². The Kier molecular flexibility index (Phi) is 4.74. The van der Waals surface area contributed by atoms with E-state index in [2.05, 4.69) is 21.6 Å². The van der Waals surface area contributed by atoms with Crippen LogP contribution in [-0.4, -0.2) is 85.0 Å². The van der Waals surface area contributed by atoms with E-state index >= 15 is 0 Å². The first-order valence-electron chi connectivity index (χ1n) is 8.71. The molecule has 4 aliphatic rings. The third-order valence-corrected chi connectivity index (χ3v) is 7.53. The molecule has 2 bridgehead atoms. The zero-order chi connectivity index (χ0) is 14.1. The summed E-state index contributed by atoms with van der Waals surface area (Å²) in [4.78, 5) is 5.43. The van der Waals surface area contributed by atoms with Gasteiger partial charge in [0.25, 0.3) is 0 Å². The molecule has 4 atom stereocenters. The van der Waals surface area contributed by atoms with Crippen molar-refractivity contribution in [3.05, 3.63) is 0 Å². The average molecular weight is 312 g/mol. The van der Waals surface area contributed by atoms with Crippen molar-refractivity contribution in [1.29, 1.82) is 0 Å². The van der Waals surface area contributed by atoms with Gasteiger partial charge in [0, 0.05) is 48.8 Å². The maximum atomic E-state index is 5.52. The Morgan fingerprint density at radius 2 is 1.05 bits per heavy atom. The van der Waals surface area contributed by atoms with Crippen molar-refractivity contribution >= 4 is 11.8 Å². The molecule has 0 aromatic rings. The molecule has 4 heterocycles. The van der Waals surface area contributed by atoms with Crippen molar-refractivity contribution in [2.75, 3.05) is 52.6 Å². The number of nitrogens with zero attached hydrogens (tertiary/aromatic N) is 2. The first kappa shape index (κ1) is 14.8. The second kappa shape index (κ2) is 6.75. The van der Waals surface area contributed by atoms with Crippen LogP contribution in [0.2, 0.25) is 0 Å². The summed E-state index contributed by atoms with van der Waals surface area (Å²) >= 11 is 2.31. The lowest BCUT2D eigenvalue weighted by molar-refractivity contribution is -0.00254. The van der Waals surface area contributed by atoms with Gasteiger partial charge in [0.15, 0.2) is 0 Å². The molecule has 0 unspecified atom stereocenters. The molecule has 4 saturated heterocycles.